The summed E-state index contributed by atoms with van der Waals surface area (Å²) in [6, 6.07) is 4.94. The molecule has 1 aromatic carbocycles. The summed E-state index contributed by atoms with van der Waals surface area (Å²) in [5.41, 5.74) is -0.571. The smallest absolute Gasteiger partial charge is 0.333 e. The normalized spacial score (nSPS) is 19.4. The molecule has 0 bridgehead atoms. The maximum absolute atomic E-state index is 12.8. The highest BCUT2D eigenvalue weighted by Crippen LogP contribution is 2.40. The Kier molecular flexibility index (Phi) is 4.65. The van der Waals surface area contributed by atoms with E-state index in [1.807, 2.05) is 20.8 Å². The Bertz CT molecular complexity index is 554. The van der Waals surface area contributed by atoms with Crippen molar-refractivity contribution in [3.05, 3.63) is 35.4 Å². The number of rotatable bonds is 1. The van der Waals surface area contributed by atoms with E-state index in [0.717, 1.165) is 12.1 Å². The lowest BCUT2D eigenvalue weighted by molar-refractivity contribution is -0.137. The van der Waals surface area contributed by atoms with Crippen LogP contribution in [-0.2, 0) is 6.18 Å². The molecule has 0 saturated carbocycles. The number of amides is 2. The zero-order chi connectivity index (χ0) is 16.5. The van der Waals surface area contributed by atoms with Crippen LogP contribution in [0, 0.1) is 0 Å². The summed E-state index contributed by atoms with van der Waals surface area (Å²) < 4.78 is 38.5. The molecule has 1 N–H and O–H groups in total. The van der Waals surface area contributed by atoms with E-state index in [2.05, 4.69) is 5.32 Å². The molecule has 1 fully saturated rings. The monoisotopic (exact) mass is 332 g/mol. The molecular weight excluding hydrogens is 313 g/mol. The number of hydrogen-bond acceptors (Lipinski definition) is 2. The lowest BCUT2D eigenvalue weighted by Crippen LogP contribution is -2.48. The second-order valence-corrected chi connectivity index (χ2v) is 7.41. The van der Waals surface area contributed by atoms with E-state index in [0.29, 0.717) is 17.9 Å². The van der Waals surface area contributed by atoms with Crippen LogP contribution < -0.4 is 5.32 Å². The van der Waals surface area contributed by atoms with Gasteiger partial charge in [-0.3, -0.25) is 0 Å². The molecular formula is C15H19F3N2OS. The number of thioether (sulfide) groups is 1. The summed E-state index contributed by atoms with van der Waals surface area (Å²) in [4.78, 5) is 13.9. The van der Waals surface area contributed by atoms with Crippen molar-refractivity contribution in [2.24, 2.45) is 0 Å². The zero-order valence-corrected chi connectivity index (χ0v) is 13.5. The molecule has 0 aromatic heterocycles. The maximum atomic E-state index is 12.8. The predicted molar refractivity (Wildman–Crippen MR) is 81.6 cm³/mol. The highest BCUT2D eigenvalue weighted by molar-refractivity contribution is 7.99. The Labute approximate surface area is 132 Å². The number of carbonyl (C=O) groups excluding carboxylic acids is 1. The van der Waals surface area contributed by atoms with Crippen molar-refractivity contribution >= 4 is 17.8 Å². The predicted octanol–water partition coefficient (Wildman–Crippen LogP) is 4.26. The topological polar surface area (TPSA) is 32.3 Å². The highest BCUT2D eigenvalue weighted by atomic mass is 32.2. The maximum Gasteiger partial charge on any atom is 0.416 e. The molecule has 0 radical (unpaired) electrons. The van der Waals surface area contributed by atoms with E-state index in [9.17, 15) is 18.0 Å². The standard InChI is InChI=1S/C15H19F3N2OS/c1-14(2,3)19-13(21)20-7-8-22-12(20)10-5-4-6-11(9-10)15(16,17)18/h4-6,9,12H,7-8H2,1-3H3,(H,19,21). The first-order chi connectivity index (χ1) is 10.1. The summed E-state index contributed by atoms with van der Waals surface area (Å²) in [5.74, 6) is 0.707. The Morgan fingerprint density at radius 1 is 1.32 bits per heavy atom. The summed E-state index contributed by atoms with van der Waals surface area (Å²) >= 11 is 1.47. The van der Waals surface area contributed by atoms with Crippen molar-refractivity contribution in [2.45, 2.75) is 37.9 Å². The van der Waals surface area contributed by atoms with E-state index in [4.69, 9.17) is 0 Å². The van der Waals surface area contributed by atoms with Crippen molar-refractivity contribution in [3.8, 4) is 0 Å². The zero-order valence-electron chi connectivity index (χ0n) is 12.7. The average Bonchev–Trinajstić information content (AvgIpc) is 2.85. The van der Waals surface area contributed by atoms with E-state index >= 15 is 0 Å². The molecule has 3 nitrogen and oxygen atoms in total. The number of urea groups is 1. The van der Waals surface area contributed by atoms with Crippen molar-refractivity contribution in [2.75, 3.05) is 12.3 Å². The number of alkyl halides is 3. The van der Waals surface area contributed by atoms with Gasteiger partial charge >= 0.3 is 12.2 Å². The van der Waals surface area contributed by atoms with Crippen molar-refractivity contribution < 1.29 is 18.0 Å². The first-order valence-electron chi connectivity index (χ1n) is 6.95. The van der Waals surface area contributed by atoms with Crippen LogP contribution in [0.2, 0.25) is 0 Å². The molecule has 1 aliphatic rings. The molecule has 1 aromatic rings. The number of carbonyl (C=O) groups is 1. The second kappa shape index (κ2) is 6.02. The largest absolute Gasteiger partial charge is 0.416 e. The molecule has 1 heterocycles. The minimum atomic E-state index is -4.38. The van der Waals surface area contributed by atoms with Crippen molar-refractivity contribution in [3.63, 3.8) is 0 Å². The number of nitrogens with one attached hydrogen (secondary N) is 1. The van der Waals surface area contributed by atoms with Crippen molar-refractivity contribution in [1.82, 2.24) is 10.2 Å². The Balaban J connectivity index is 2.22. The third kappa shape index (κ3) is 4.09. The van der Waals surface area contributed by atoms with Crippen LogP contribution >= 0.6 is 11.8 Å². The molecule has 1 aliphatic heterocycles. The van der Waals surface area contributed by atoms with Gasteiger partial charge in [-0.15, -0.1) is 11.8 Å². The van der Waals surface area contributed by atoms with Gasteiger partial charge in [-0.1, -0.05) is 12.1 Å². The van der Waals surface area contributed by atoms with Crippen molar-refractivity contribution in [1.29, 1.82) is 0 Å². The molecule has 0 aliphatic carbocycles. The van der Waals surface area contributed by atoms with Crippen LogP contribution in [0.5, 0.6) is 0 Å². The van der Waals surface area contributed by atoms with Crippen LogP contribution in [0.4, 0.5) is 18.0 Å². The fraction of sp³-hybridized carbons (Fsp3) is 0.533. The van der Waals surface area contributed by atoms with Gasteiger partial charge in [0, 0.05) is 17.8 Å². The number of halogens is 3. The van der Waals surface area contributed by atoms with E-state index in [1.54, 1.807) is 11.0 Å². The van der Waals surface area contributed by atoms with Gasteiger partial charge in [-0.25, -0.2) is 4.79 Å². The second-order valence-electron chi connectivity index (χ2n) is 6.22. The molecule has 1 unspecified atom stereocenters. The SMILES string of the molecule is CC(C)(C)NC(=O)N1CCSC1c1cccc(C(F)(F)F)c1. The van der Waals surface area contributed by atoms with E-state index in [1.165, 1.54) is 17.8 Å². The van der Waals surface area contributed by atoms with Gasteiger partial charge in [0.2, 0.25) is 0 Å². The van der Waals surface area contributed by atoms with Gasteiger partial charge in [0.25, 0.3) is 0 Å². The lowest BCUT2D eigenvalue weighted by Gasteiger charge is -2.29. The van der Waals surface area contributed by atoms with Gasteiger partial charge in [0.15, 0.2) is 0 Å². The molecule has 1 atom stereocenters. The van der Waals surface area contributed by atoms with E-state index in [-0.39, 0.29) is 16.9 Å². The fourth-order valence-electron chi connectivity index (χ4n) is 2.22. The summed E-state index contributed by atoms with van der Waals surface area (Å²) in [7, 11) is 0. The van der Waals surface area contributed by atoms with Gasteiger partial charge in [0.1, 0.15) is 5.37 Å². The van der Waals surface area contributed by atoms with Crippen LogP contribution in [0.25, 0.3) is 0 Å². The molecule has 2 amide bonds. The van der Waals surface area contributed by atoms with Crippen LogP contribution in [0.3, 0.4) is 0 Å². The molecule has 2 rings (SSSR count). The van der Waals surface area contributed by atoms with Crippen LogP contribution in [0.15, 0.2) is 24.3 Å². The minimum absolute atomic E-state index is 0.250. The number of nitrogens with zero attached hydrogens (tertiary/aromatic N) is 1. The first-order valence-corrected chi connectivity index (χ1v) is 8.00. The Morgan fingerprint density at radius 2 is 2.00 bits per heavy atom. The van der Waals surface area contributed by atoms with Crippen LogP contribution in [0.1, 0.15) is 37.3 Å². The van der Waals surface area contributed by atoms with Gasteiger partial charge in [-0.2, -0.15) is 13.2 Å². The number of benzene rings is 1. The first kappa shape index (κ1) is 17.0. The quantitative estimate of drug-likeness (QED) is 0.833. The number of hydrogen-bond donors (Lipinski definition) is 1. The molecule has 122 valence electrons. The van der Waals surface area contributed by atoms with Crippen LogP contribution in [-0.4, -0.2) is 28.8 Å². The molecule has 0 spiro atoms. The minimum Gasteiger partial charge on any atom is -0.333 e. The summed E-state index contributed by atoms with van der Waals surface area (Å²) in [6.07, 6.45) is -4.38. The molecule has 22 heavy (non-hydrogen) atoms. The molecule has 1 saturated heterocycles. The average molecular weight is 332 g/mol. The third-order valence-electron chi connectivity index (χ3n) is 3.13. The third-order valence-corrected chi connectivity index (χ3v) is 4.39. The summed E-state index contributed by atoms with van der Waals surface area (Å²) in [6.45, 7) is 6.13. The van der Waals surface area contributed by atoms with Gasteiger partial charge in [0.05, 0.1) is 5.56 Å². The lowest BCUT2D eigenvalue weighted by atomic mass is 10.1. The Hall–Kier alpha value is -1.37. The van der Waals surface area contributed by atoms with Gasteiger partial charge in [-0.05, 0) is 38.5 Å². The molecule has 7 heteroatoms. The summed E-state index contributed by atoms with van der Waals surface area (Å²) in [5, 5.41) is 2.47. The van der Waals surface area contributed by atoms with Gasteiger partial charge < -0.3 is 10.2 Å². The highest BCUT2D eigenvalue weighted by Gasteiger charge is 2.35. The fourth-order valence-corrected chi connectivity index (χ4v) is 3.46. The van der Waals surface area contributed by atoms with E-state index < -0.39 is 11.7 Å². The Morgan fingerprint density at radius 3 is 2.59 bits per heavy atom.